The van der Waals surface area contributed by atoms with Crippen LogP contribution in [0.1, 0.15) is 12.5 Å². The molecule has 1 amide bonds. The van der Waals surface area contributed by atoms with Gasteiger partial charge in [0.05, 0.1) is 22.1 Å². The van der Waals surface area contributed by atoms with E-state index in [1.807, 2.05) is 4.90 Å². The number of hydrogen-bond acceptors (Lipinski definition) is 7. The zero-order valence-corrected chi connectivity index (χ0v) is 19.7. The number of carbonyl (C=O) groups is 1. The molecule has 0 saturated carbocycles. The maximum Gasteiger partial charge on any atom is 0.270 e. The number of sulfonamides is 1. The largest absolute Gasteiger partial charge is 0.292 e. The van der Waals surface area contributed by atoms with E-state index in [4.69, 9.17) is 0 Å². The van der Waals surface area contributed by atoms with Gasteiger partial charge in [-0.2, -0.15) is 9.41 Å². The second-order valence-corrected chi connectivity index (χ2v) is 10.0. The third-order valence-electron chi connectivity index (χ3n) is 4.97. The molecule has 0 unspecified atom stereocenters. The zero-order valence-electron chi connectivity index (χ0n) is 17.3. The molecule has 1 N–H and O–H groups in total. The first kappa shape index (κ1) is 24.0. The minimum Gasteiger partial charge on any atom is -0.292 e. The van der Waals surface area contributed by atoms with Gasteiger partial charge in [0.25, 0.3) is 11.6 Å². The number of nitro groups is 1. The van der Waals surface area contributed by atoms with Crippen molar-refractivity contribution in [3.05, 3.63) is 68.7 Å². The average molecular weight is 524 g/mol. The topological polar surface area (TPSA) is 125 Å². The van der Waals surface area contributed by atoms with Crippen LogP contribution in [0.4, 0.5) is 5.69 Å². The summed E-state index contributed by atoms with van der Waals surface area (Å²) in [7, 11) is -3.58. The number of nitrogens with zero attached hydrogens (tertiary/aromatic N) is 4. The van der Waals surface area contributed by atoms with Gasteiger partial charge in [-0.1, -0.05) is 28.1 Å². The number of non-ortho nitro benzene ring substituents is 1. The van der Waals surface area contributed by atoms with Crippen LogP contribution in [0.15, 0.2) is 63.0 Å². The van der Waals surface area contributed by atoms with Crippen LogP contribution in [0.5, 0.6) is 0 Å². The van der Waals surface area contributed by atoms with Crippen molar-refractivity contribution in [1.82, 2.24) is 14.6 Å². The molecule has 1 fully saturated rings. The summed E-state index contributed by atoms with van der Waals surface area (Å²) in [6.45, 7) is 3.10. The summed E-state index contributed by atoms with van der Waals surface area (Å²) in [5.41, 5.74) is 3.37. The van der Waals surface area contributed by atoms with E-state index >= 15 is 0 Å². The second kappa shape index (κ2) is 10.3. The fourth-order valence-electron chi connectivity index (χ4n) is 3.18. The van der Waals surface area contributed by atoms with Crippen LogP contribution in [-0.2, 0) is 14.8 Å². The Bertz CT molecular complexity index is 1130. The van der Waals surface area contributed by atoms with Crippen molar-refractivity contribution in [1.29, 1.82) is 0 Å². The fourth-order valence-corrected chi connectivity index (χ4v) is 4.86. The molecule has 1 aliphatic heterocycles. The summed E-state index contributed by atoms with van der Waals surface area (Å²) in [4.78, 5) is 24.7. The first-order chi connectivity index (χ1) is 15.2. The van der Waals surface area contributed by atoms with E-state index in [-0.39, 0.29) is 36.1 Å². The van der Waals surface area contributed by atoms with E-state index in [0.29, 0.717) is 24.4 Å². The Hall–Kier alpha value is -2.67. The third kappa shape index (κ3) is 5.97. The quantitative estimate of drug-likeness (QED) is 0.337. The van der Waals surface area contributed by atoms with Gasteiger partial charge in [0.15, 0.2) is 0 Å². The predicted octanol–water partition coefficient (Wildman–Crippen LogP) is 2.20. The van der Waals surface area contributed by atoms with E-state index in [0.717, 1.165) is 4.47 Å². The highest BCUT2D eigenvalue weighted by molar-refractivity contribution is 9.10. The van der Waals surface area contributed by atoms with Crippen LogP contribution in [-0.4, -0.2) is 66.9 Å². The number of nitro benzene ring substituents is 1. The van der Waals surface area contributed by atoms with Gasteiger partial charge < -0.3 is 0 Å². The Morgan fingerprint density at radius 2 is 1.81 bits per heavy atom. The smallest absolute Gasteiger partial charge is 0.270 e. The van der Waals surface area contributed by atoms with Crippen LogP contribution in [0.2, 0.25) is 0 Å². The first-order valence-electron chi connectivity index (χ1n) is 9.73. The van der Waals surface area contributed by atoms with E-state index in [1.54, 1.807) is 43.3 Å². The zero-order chi connectivity index (χ0) is 23.3. The van der Waals surface area contributed by atoms with Gasteiger partial charge in [-0.3, -0.25) is 19.8 Å². The molecular formula is C20H22BrN5O5S. The summed E-state index contributed by atoms with van der Waals surface area (Å²) >= 11 is 3.29. The van der Waals surface area contributed by atoms with Gasteiger partial charge in [0.2, 0.25) is 10.0 Å². The van der Waals surface area contributed by atoms with E-state index in [2.05, 4.69) is 26.5 Å². The molecule has 32 heavy (non-hydrogen) atoms. The molecule has 1 aliphatic rings. The standard InChI is InChI=1S/C20H22BrN5O5S/c1-15(16-3-2-4-18(13-16)26(28)29)22-23-20(27)14-24-9-11-25(12-10-24)32(30,31)19-7-5-17(21)6-8-19/h2-8,13H,9-12,14H2,1H3,(H,23,27)/b22-15-. The summed E-state index contributed by atoms with van der Waals surface area (Å²) < 4.78 is 27.7. The Labute approximate surface area is 194 Å². The van der Waals surface area contributed by atoms with Gasteiger partial charge in [-0.15, -0.1) is 0 Å². The lowest BCUT2D eigenvalue weighted by Crippen LogP contribution is -2.50. The van der Waals surface area contributed by atoms with Crippen molar-refractivity contribution >= 4 is 43.3 Å². The minimum atomic E-state index is -3.58. The van der Waals surface area contributed by atoms with Gasteiger partial charge in [-0.25, -0.2) is 13.8 Å². The molecule has 12 heteroatoms. The molecule has 1 heterocycles. The molecule has 0 aliphatic carbocycles. The molecule has 2 aromatic carbocycles. The van der Waals surface area contributed by atoms with Crippen molar-refractivity contribution in [3.8, 4) is 0 Å². The maximum atomic E-state index is 12.8. The van der Waals surface area contributed by atoms with Crippen LogP contribution < -0.4 is 5.43 Å². The van der Waals surface area contributed by atoms with Crippen molar-refractivity contribution in [2.45, 2.75) is 11.8 Å². The van der Waals surface area contributed by atoms with Gasteiger partial charge in [-0.05, 0) is 31.2 Å². The molecule has 1 saturated heterocycles. The van der Waals surface area contributed by atoms with Gasteiger partial charge >= 0.3 is 0 Å². The minimum absolute atomic E-state index is 0.0562. The molecule has 170 valence electrons. The van der Waals surface area contributed by atoms with E-state index < -0.39 is 14.9 Å². The molecule has 0 bridgehead atoms. The summed E-state index contributed by atoms with van der Waals surface area (Å²) in [6.07, 6.45) is 0. The molecule has 10 nitrogen and oxygen atoms in total. The molecule has 2 aromatic rings. The highest BCUT2D eigenvalue weighted by Crippen LogP contribution is 2.20. The number of nitrogens with one attached hydrogen (secondary N) is 1. The predicted molar refractivity (Wildman–Crippen MR) is 123 cm³/mol. The number of amides is 1. The number of hydrazone groups is 1. The Kier molecular flexibility index (Phi) is 7.72. The lowest BCUT2D eigenvalue weighted by Gasteiger charge is -2.33. The number of piperazine rings is 1. The normalized spacial score (nSPS) is 16.0. The molecule has 0 spiro atoms. The fraction of sp³-hybridized carbons (Fsp3) is 0.300. The van der Waals surface area contributed by atoms with Gasteiger partial charge in [0.1, 0.15) is 0 Å². The molecular weight excluding hydrogens is 502 g/mol. The Morgan fingerprint density at radius 1 is 1.16 bits per heavy atom. The number of benzene rings is 2. The summed E-state index contributed by atoms with van der Waals surface area (Å²) in [5.74, 6) is -0.348. The molecule has 0 aromatic heterocycles. The lowest BCUT2D eigenvalue weighted by molar-refractivity contribution is -0.384. The molecule has 3 rings (SSSR count). The number of halogens is 1. The third-order valence-corrected chi connectivity index (χ3v) is 7.41. The monoisotopic (exact) mass is 523 g/mol. The molecule has 0 radical (unpaired) electrons. The van der Waals surface area contributed by atoms with Crippen LogP contribution >= 0.6 is 15.9 Å². The highest BCUT2D eigenvalue weighted by atomic mass is 79.9. The summed E-state index contributed by atoms with van der Waals surface area (Å²) in [6, 6.07) is 12.5. The van der Waals surface area contributed by atoms with E-state index in [9.17, 15) is 23.3 Å². The second-order valence-electron chi connectivity index (χ2n) is 7.17. The Morgan fingerprint density at radius 3 is 2.44 bits per heavy atom. The van der Waals surface area contributed by atoms with Crippen LogP contribution in [0.3, 0.4) is 0 Å². The molecule has 0 atom stereocenters. The average Bonchev–Trinajstić information content (AvgIpc) is 2.78. The Balaban J connectivity index is 1.52. The first-order valence-corrected chi connectivity index (χ1v) is 12.0. The highest BCUT2D eigenvalue weighted by Gasteiger charge is 2.29. The lowest BCUT2D eigenvalue weighted by atomic mass is 10.1. The van der Waals surface area contributed by atoms with Crippen LogP contribution in [0.25, 0.3) is 0 Å². The maximum absolute atomic E-state index is 12.8. The number of carbonyl (C=O) groups excluding carboxylic acids is 1. The van der Waals surface area contributed by atoms with Crippen molar-refractivity contribution in [3.63, 3.8) is 0 Å². The van der Waals surface area contributed by atoms with Crippen LogP contribution in [0, 0.1) is 10.1 Å². The van der Waals surface area contributed by atoms with Crippen molar-refractivity contribution < 1.29 is 18.1 Å². The van der Waals surface area contributed by atoms with Crippen molar-refractivity contribution in [2.24, 2.45) is 5.10 Å². The van der Waals surface area contributed by atoms with Crippen molar-refractivity contribution in [2.75, 3.05) is 32.7 Å². The summed E-state index contributed by atoms with van der Waals surface area (Å²) in [5, 5.41) is 14.9. The SMILES string of the molecule is C/C(=N/NC(=O)CN1CCN(S(=O)(=O)c2ccc(Br)cc2)CC1)c1cccc([N+](=O)[O-])c1. The number of hydrogen-bond donors (Lipinski definition) is 1. The van der Waals surface area contributed by atoms with E-state index in [1.165, 1.54) is 16.4 Å². The van der Waals surface area contributed by atoms with Gasteiger partial charge in [0, 0.05) is 48.3 Å². The number of rotatable bonds is 7.